The zero-order chi connectivity index (χ0) is 14.4. The van der Waals surface area contributed by atoms with Crippen LogP contribution in [0.25, 0.3) is 22.2 Å². The summed E-state index contributed by atoms with van der Waals surface area (Å²) in [7, 11) is 0. The van der Waals surface area contributed by atoms with Gasteiger partial charge < -0.3 is 10.3 Å². The minimum Gasteiger partial charge on any atom is -0.346 e. The summed E-state index contributed by atoms with van der Waals surface area (Å²) >= 11 is 0. The number of nitrogens with zero attached hydrogens (tertiary/aromatic N) is 1. The first-order valence-corrected chi connectivity index (χ1v) is 6.99. The fourth-order valence-electron chi connectivity index (χ4n) is 2.86. The first-order valence-electron chi connectivity index (χ1n) is 7.49. The van der Waals surface area contributed by atoms with E-state index < -0.39 is 0 Å². The molecule has 2 N–H and O–H groups in total. The van der Waals surface area contributed by atoms with Crippen molar-refractivity contribution in [2.45, 2.75) is 19.9 Å². The fraction of sp³-hybridized carbons (Fsp3) is 0.235. The third-order valence-electron chi connectivity index (χ3n) is 4.06. The minimum absolute atomic E-state index is 0.626. The highest BCUT2D eigenvalue weighted by atomic mass is 14.9. The monoisotopic (exact) mass is 264 g/mol. The molecule has 0 saturated carbocycles. The van der Waals surface area contributed by atoms with Crippen molar-refractivity contribution >= 4 is 11.0 Å². The van der Waals surface area contributed by atoms with Gasteiger partial charge in [-0.3, -0.25) is 0 Å². The normalized spacial score (nSPS) is 15.2. The lowest BCUT2D eigenvalue weighted by molar-refractivity contribution is 0.644. The van der Waals surface area contributed by atoms with Crippen LogP contribution in [-0.4, -0.2) is 16.5 Å². The van der Waals surface area contributed by atoms with Crippen LogP contribution in [0.2, 0.25) is 0 Å². The van der Waals surface area contributed by atoms with Gasteiger partial charge in [0, 0.05) is 29.9 Å². The maximum absolute atomic E-state index is 8.25. The molecule has 0 radical (unpaired) electrons. The minimum atomic E-state index is 0.626. The van der Waals surface area contributed by atoms with E-state index in [1.165, 1.54) is 11.1 Å². The summed E-state index contributed by atoms with van der Waals surface area (Å²) in [5.41, 5.74) is 6.73. The number of hydrogen-bond acceptors (Lipinski definition) is 2. The predicted molar refractivity (Wildman–Crippen MR) is 81.7 cm³/mol. The summed E-state index contributed by atoms with van der Waals surface area (Å²) < 4.78 is 8.25. The number of pyridine rings is 1. The number of aromatic nitrogens is 2. The molecule has 0 amide bonds. The standard InChI is InChI=1S/C17H17N3/c1-11-8-19-17-16(11)7-15(10-20-17)12-2-3-14-9-18-5-4-13(14)6-12/h2-3,6-8,10,18H,4-5,9H2,1H3,(H,19,20)/i3D. The van der Waals surface area contributed by atoms with Crippen LogP contribution in [0, 0.1) is 6.92 Å². The van der Waals surface area contributed by atoms with Gasteiger partial charge in [0.05, 0.1) is 1.37 Å². The SMILES string of the molecule is [2H]c1cc(-c2cnc3[nH]cc(C)c3c2)cc2c1CNCC2. The van der Waals surface area contributed by atoms with E-state index in [0.29, 0.717) is 6.04 Å². The molecule has 100 valence electrons. The highest BCUT2D eigenvalue weighted by molar-refractivity contribution is 5.84. The number of rotatable bonds is 1. The van der Waals surface area contributed by atoms with Gasteiger partial charge in [0.2, 0.25) is 0 Å². The summed E-state index contributed by atoms with van der Waals surface area (Å²) in [4.78, 5) is 7.66. The Hall–Kier alpha value is -2.13. The van der Waals surface area contributed by atoms with Gasteiger partial charge in [-0.05, 0) is 48.2 Å². The van der Waals surface area contributed by atoms with Crippen LogP contribution in [0.15, 0.2) is 36.6 Å². The highest BCUT2D eigenvalue weighted by Gasteiger charge is 2.10. The number of nitrogens with one attached hydrogen (secondary N) is 2. The molecule has 0 unspecified atom stereocenters. The first kappa shape index (κ1) is 10.6. The van der Waals surface area contributed by atoms with Gasteiger partial charge in [-0.25, -0.2) is 4.98 Å². The molecule has 0 aliphatic carbocycles. The molecule has 2 aromatic heterocycles. The van der Waals surface area contributed by atoms with Gasteiger partial charge >= 0.3 is 0 Å². The average Bonchev–Trinajstić information content (AvgIpc) is 2.88. The lowest BCUT2D eigenvalue weighted by Crippen LogP contribution is -2.23. The highest BCUT2D eigenvalue weighted by Crippen LogP contribution is 2.27. The lowest BCUT2D eigenvalue weighted by Gasteiger charge is -2.17. The predicted octanol–water partition coefficient (Wildman–Crippen LogP) is 3.18. The lowest BCUT2D eigenvalue weighted by atomic mass is 9.95. The molecule has 0 atom stereocenters. The Morgan fingerprint density at radius 1 is 1.25 bits per heavy atom. The molecule has 1 aliphatic rings. The zero-order valence-electron chi connectivity index (χ0n) is 12.5. The Kier molecular flexibility index (Phi) is 2.37. The molecular weight excluding hydrogens is 246 g/mol. The molecule has 0 saturated heterocycles. The first-order chi connectivity index (χ1) is 10.2. The number of aromatic amines is 1. The molecule has 3 aromatic rings. The second-order valence-corrected chi connectivity index (χ2v) is 5.41. The summed E-state index contributed by atoms with van der Waals surface area (Å²) in [5, 5.41) is 4.48. The Morgan fingerprint density at radius 3 is 3.15 bits per heavy atom. The zero-order valence-corrected chi connectivity index (χ0v) is 11.5. The van der Waals surface area contributed by atoms with E-state index in [9.17, 15) is 0 Å². The van der Waals surface area contributed by atoms with E-state index in [1.807, 2.05) is 18.5 Å². The number of aryl methyl sites for hydroxylation is 1. The molecule has 3 nitrogen and oxygen atoms in total. The van der Waals surface area contributed by atoms with Crippen LogP contribution in [-0.2, 0) is 13.0 Å². The molecule has 1 aromatic carbocycles. The van der Waals surface area contributed by atoms with Crippen molar-refractivity contribution in [2.24, 2.45) is 0 Å². The average molecular weight is 264 g/mol. The van der Waals surface area contributed by atoms with E-state index in [-0.39, 0.29) is 0 Å². The van der Waals surface area contributed by atoms with Gasteiger partial charge in [0.15, 0.2) is 0 Å². The van der Waals surface area contributed by atoms with E-state index in [0.717, 1.165) is 47.2 Å². The molecule has 0 bridgehead atoms. The molecule has 20 heavy (non-hydrogen) atoms. The summed E-state index contributed by atoms with van der Waals surface area (Å²) in [6, 6.07) is 6.96. The van der Waals surface area contributed by atoms with Gasteiger partial charge in [0.25, 0.3) is 0 Å². The van der Waals surface area contributed by atoms with Crippen molar-refractivity contribution < 1.29 is 1.37 Å². The maximum atomic E-state index is 8.25. The van der Waals surface area contributed by atoms with Gasteiger partial charge in [-0.1, -0.05) is 18.2 Å². The molecule has 3 heterocycles. The molecule has 1 aliphatic heterocycles. The summed E-state index contributed by atoms with van der Waals surface area (Å²) in [5.74, 6) is 0. The Labute approximate surface area is 119 Å². The second-order valence-electron chi connectivity index (χ2n) is 5.41. The third kappa shape index (κ3) is 1.82. The maximum Gasteiger partial charge on any atom is 0.137 e. The van der Waals surface area contributed by atoms with Gasteiger partial charge in [-0.15, -0.1) is 0 Å². The van der Waals surface area contributed by atoms with Crippen molar-refractivity contribution in [2.75, 3.05) is 6.54 Å². The van der Waals surface area contributed by atoms with Gasteiger partial charge in [-0.2, -0.15) is 0 Å². The van der Waals surface area contributed by atoms with E-state index in [2.05, 4.69) is 34.3 Å². The Bertz CT molecular complexity index is 835. The largest absolute Gasteiger partial charge is 0.346 e. The molecule has 4 rings (SSSR count). The fourth-order valence-corrected chi connectivity index (χ4v) is 2.86. The molecule has 0 spiro atoms. The van der Waals surface area contributed by atoms with E-state index >= 15 is 0 Å². The van der Waals surface area contributed by atoms with E-state index in [4.69, 9.17) is 1.37 Å². The molecular formula is C17H17N3. The van der Waals surface area contributed by atoms with Crippen molar-refractivity contribution in [1.82, 2.24) is 15.3 Å². The van der Waals surface area contributed by atoms with Crippen LogP contribution in [0.1, 0.15) is 18.1 Å². The Morgan fingerprint density at radius 2 is 2.20 bits per heavy atom. The van der Waals surface area contributed by atoms with Crippen LogP contribution in [0.4, 0.5) is 0 Å². The summed E-state index contributed by atoms with van der Waals surface area (Å²) in [6.45, 7) is 3.88. The van der Waals surface area contributed by atoms with E-state index in [1.54, 1.807) is 0 Å². The van der Waals surface area contributed by atoms with Crippen molar-refractivity contribution in [3.63, 3.8) is 0 Å². The van der Waals surface area contributed by atoms with Crippen molar-refractivity contribution in [3.05, 3.63) is 53.3 Å². The van der Waals surface area contributed by atoms with Crippen molar-refractivity contribution in [1.29, 1.82) is 0 Å². The quantitative estimate of drug-likeness (QED) is 0.708. The number of hydrogen-bond donors (Lipinski definition) is 2. The number of H-pyrrole nitrogens is 1. The van der Waals surface area contributed by atoms with Crippen LogP contribution >= 0.6 is 0 Å². The smallest absolute Gasteiger partial charge is 0.137 e. The third-order valence-corrected chi connectivity index (χ3v) is 4.06. The Balaban J connectivity index is 1.87. The van der Waals surface area contributed by atoms with Crippen molar-refractivity contribution in [3.8, 4) is 11.1 Å². The van der Waals surface area contributed by atoms with Crippen LogP contribution in [0.3, 0.4) is 0 Å². The number of benzene rings is 1. The van der Waals surface area contributed by atoms with Crippen LogP contribution < -0.4 is 5.32 Å². The second kappa shape index (κ2) is 4.46. The van der Waals surface area contributed by atoms with Gasteiger partial charge in [0.1, 0.15) is 5.65 Å². The molecule has 0 fully saturated rings. The topological polar surface area (TPSA) is 40.7 Å². The van der Waals surface area contributed by atoms with Crippen LogP contribution in [0.5, 0.6) is 0 Å². The number of fused-ring (bicyclic) bond motifs is 2. The molecule has 3 heteroatoms. The summed E-state index contributed by atoms with van der Waals surface area (Å²) in [6.07, 6.45) is 4.87.